The Bertz CT molecular complexity index is 513. The number of hydrogen-bond donors (Lipinski definition) is 1. The second-order valence-electron chi connectivity index (χ2n) is 4.74. The molecule has 0 aromatic heterocycles. The first kappa shape index (κ1) is 14.2. The van der Waals surface area contributed by atoms with E-state index in [-0.39, 0.29) is 0 Å². The van der Waals surface area contributed by atoms with E-state index in [1.54, 1.807) is 0 Å². The number of nitrogens with two attached hydrogens (primary N) is 1. The molecule has 1 atom stereocenters. The highest BCUT2D eigenvalue weighted by atomic mass is 32.2. The van der Waals surface area contributed by atoms with Crippen LogP contribution in [0.4, 0.5) is 0 Å². The molecular weight excluding hydrogens is 254 g/mol. The van der Waals surface area contributed by atoms with Crippen molar-refractivity contribution in [2.45, 2.75) is 19.4 Å². The van der Waals surface area contributed by atoms with Gasteiger partial charge in [0, 0.05) is 11.8 Å². The molecular formula is C16H21NOS. The van der Waals surface area contributed by atoms with Crippen LogP contribution in [-0.2, 0) is 0 Å². The number of hydrogen-bond acceptors (Lipinski definition) is 3. The molecule has 2 N–H and O–H groups in total. The van der Waals surface area contributed by atoms with Crippen LogP contribution in [0.1, 0.15) is 13.3 Å². The number of fused-ring (bicyclic) bond motifs is 1. The summed E-state index contributed by atoms with van der Waals surface area (Å²) in [5.74, 6) is 3.07. The molecule has 102 valence electrons. The molecule has 0 amide bonds. The van der Waals surface area contributed by atoms with Gasteiger partial charge in [0.2, 0.25) is 0 Å². The third kappa shape index (κ3) is 4.77. The van der Waals surface area contributed by atoms with Crippen LogP contribution in [0.25, 0.3) is 10.8 Å². The molecule has 3 heteroatoms. The average Bonchev–Trinajstić information content (AvgIpc) is 2.42. The lowest BCUT2D eigenvalue weighted by molar-refractivity contribution is 0.344. The molecule has 0 aliphatic heterocycles. The smallest absolute Gasteiger partial charge is 0.119 e. The Morgan fingerprint density at radius 2 is 1.89 bits per heavy atom. The van der Waals surface area contributed by atoms with Gasteiger partial charge in [-0.2, -0.15) is 11.8 Å². The van der Waals surface area contributed by atoms with E-state index in [4.69, 9.17) is 10.5 Å². The normalized spacial score (nSPS) is 12.5. The summed E-state index contributed by atoms with van der Waals surface area (Å²) in [6.45, 7) is 2.80. The van der Waals surface area contributed by atoms with E-state index in [0.29, 0.717) is 6.04 Å². The summed E-state index contributed by atoms with van der Waals surface area (Å²) in [5.41, 5.74) is 5.71. The summed E-state index contributed by atoms with van der Waals surface area (Å²) < 4.78 is 5.77. The van der Waals surface area contributed by atoms with Gasteiger partial charge in [-0.25, -0.2) is 0 Å². The Morgan fingerprint density at radius 3 is 2.68 bits per heavy atom. The molecule has 0 saturated carbocycles. The van der Waals surface area contributed by atoms with Crippen molar-refractivity contribution < 1.29 is 4.74 Å². The van der Waals surface area contributed by atoms with Crippen molar-refractivity contribution >= 4 is 22.5 Å². The molecule has 2 rings (SSSR count). The fourth-order valence-electron chi connectivity index (χ4n) is 1.85. The first-order chi connectivity index (χ1) is 9.25. The molecule has 0 spiro atoms. The Hall–Kier alpha value is -1.19. The van der Waals surface area contributed by atoms with Gasteiger partial charge in [0.05, 0.1) is 6.61 Å². The third-order valence-electron chi connectivity index (χ3n) is 2.93. The van der Waals surface area contributed by atoms with Crippen LogP contribution >= 0.6 is 11.8 Å². The molecule has 0 aliphatic rings. The highest BCUT2D eigenvalue weighted by molar-refractivity contribution is 7.99. The second kappa shape index (κ2) is 7.41. The summed E-state index contributed by atoms with van der Waals surface area (Å²) in [7, 11) is 0. The van der Waals surface area contributed by atoms with E-state index in [1.165, 1.54) is 10.8 Å². The Balaban J connectivity index is 1.75. The van der Waals surface area contributed by atoms with Gasteiger partial charge in [0.1, 0.15) is 5.75 Å². The van der Waals surface area contributed by atoms with E-state index < -0.39 is 0 Å². The van der Waals surface area contributed by atoms with Crippen molar-refractivity contribution in [1.29, 1.82) is 0 Å². The fraction of sp³-hybridized carbons (Fsp3) is 0.375. The molecule has 2 aromatic carbocycles. The van der Waals surface area contributed by atoms with Crippen molar-refractivity contribution in [3.63, 3.8) is 0 Å². The van der Waals surface area contributed by atoms with Gasteiger partial charge in [0.15, 0.2) is 0 Å². The zero-order valence-corrected chi connectivity index (χ0v) is 12.2. The summed E-state index contributed by atoms with van der Waals surface area (Å²) >= 11 is 1.90. The van der Waals surface area contributed by atoms with Crippen LogP contribution in [-0.4, -0.2) is 24.2 Å². The van der Waals surface area contributed by atoms with Crippen molar-refractivity contribution in [3.05, 3.63) is 42.5 Å². The van der Waals surface area contributed by atoms with Gasteiger partial charge in [-0.05, 0) is 42.0 Å². The predicted molar refractivity (Wildman–Crippen MR) is 85.0 cm³/mol. The first-order valence-corrected chi connectivity index (χ1v) is 7.86. The van der Waals surface area contributed by atoms with Crippen LogP contribution in [0.5, 0.6) is 5.75 Å². The van der Waals surface area contributed by atoms with Gasteiger partial charge in [0.25, 0.3) is 0 Å². The minimum Gasteiger partial charge on any atom is -0.493 e. The van der Waals surface area contributed by atoms with E-state index in [9.17, 15) is 0 Å². The van der Waals surface area contributed by atoms with Gasteiger partial charge < -0.3 is 10.5 Å². The summed E-state index contributed by atoms with van der Waals surface area (Å²) in [4.78, 5) is 0. The van der Waals surface area contributed by atoms with E-state index in [2.05, 4.69) is 36.4 Å². The zero-order chi connectivity index (χ0) is 13.5. The summed E-state index contributed by atoms with van der Waals surface area (Å²) in [6, 6.07) is 14.9. The van der Waals surface area contributed by atoms with E-state index >= 15 is 0 Å². The first-order valence-electron chi connectivity index (χ1n) is 6.70. The van der Waals surface area contributed by atoms with Gasteiger partial charge >= 0.3 is 0 Å². The molecule has 0 fully saturated rings. The maximum Gasteiger partial charge on any atom is 0.119 e. The van der Waals surface area contributed by atoms with Crippen molar-refractivity contribution in [1.82, 2.24) is 0 Å². The van der Waals surface area contributed by atoms with Gasteiger partial charge in [-0.15, -0.1) is 0 Å². The van der Waals surface area contributed by atoms with Crippen LogP contribution < -0.4 is 10.5 Å². The lowest BCUT2D eigenvalue weighted by Crippen LogP contribution is -2.15. The molecule has 1 unspecified atom stereocenters. The summed E-state index contributed by atoms with van der Waals surface area (Å²) in [6.07, 6.45) is 1.07. The number of rotatable bonds is 7. The SMILES string of the molecule is CC(N)CCSCCOc1ccc2ccccc2c1. The maximum absolute atomic E-state index is 5.77. The molecule has 0 aliphatic carbocycles. The number of thioether (sulfide) groups is 1. The highest BCUT2D eigenvalue weighted by Gasteiger charge is 1.98. The molecule has 0 radical (unpaired) electrons. The van der Waals surface area contributed by atoms with E-state index in [1.807, 2.05) is 24.8 Å². The number of ether oxygens (including phenoxy) is 1. The average molecular weight is 275 g/mol. The van der Waals surface area contributed by atoms with Crippen molar-refractivity contribution in [2.24, 2.45) is 5.73 Å². The topological polar surface area (TPSA) is 35.2 Å². The largest absolute Gasteiger partial charge is 0.493 e. The zero-order valence-electron chi connectivity index (χ0n) is 11.3. The fourth-order valence-corrected chi connectivity index (χ4v) is 2.79. The minimum atomic E-state index is 0.300. The van der Waals surface area contributed by atoms with Crippen LogP contribution in [0.3, 0.4) is 0 Å². The van der Waals surface area contributed by atoms with Crippen LogP contribution in [0.2, 0.25) is 0 Å². The molecule has 0 bridgehead atoms. The predicted octanol–water partition coefficient (Wildman–Crippen LogP) is 3.69. The molecule has 0 heterocycles. The van der Waals surface area contributed by atoms with Crippen LogP contribution in [0, 0.1) is 0 Å². The molecule has 2 nitrogen and oxygen atoms in total. The lowest BCUT2D eigenvalue weighted by atomic mass is 10.1. The quantitative estimate of drug-likeness (QED) is 0.783. The number of benzene rings is 2. The van der Waals surface area contributed by atoms with Crippen molar-refractivity contribution in [3.8, 4) is 5.75 Å². The standard InChI is InChI=1S/C16H21NOS/c1-13(17)8-10-19-11-9-18-16-7-6-14-4-2-3-5-15(14)12-16/h2-7,12-13H,8-11,17H2,1H3. The third-order valence-corrected chi connectivity index (χ3v) is 3.91. The molecule has 19 heavy (non-hydrogen) atoms. The maximum atomic E-state index is 5.77. The minimum absolute atomic E-state index is 0.300. The highest BCUT2D eigenvalue weighted by Crippen LogP contribution is 2.20. The van der Waals surface area contributed by atoms with Gasteiger partial charge in [-0.1, -0.05) is 30.3 Å². The Labute approximate surface area is 119 Å². The van der Waals surface area contributed by atoms with E-state index in [0.717, 1.165) is 30.3 Å². The lowest BCUT2D eigenvalue weighted by Gasteiger charge is -2.08. The Kier molecular flexibility index (Phi) is 5.55. The van der Waals surface area contributed by atoms with Crippen molar-refractivity contribution in [2.75, 3.05) is 18.1 Å². The summed E-state index contributed by atoms with van der Waals surface area (Å²) in [5, 5.41) is 2.48. The van der Waals surface area contributed by atoms with Crippen LogP contribution in [0.15, 0.2) is 42.5 Å². The second-order valence-corrected chi connectivity index (χ2v) is 5.96. The monoisotopic (exact) mass is 275 g/mol. The Morgan fingerprint density at radius 1 is 1.11 bits per heavy atom. The molecule has 2 aromatic rings. The van der Waals surface area contributed by atoms with Gasteiger partial charge in [-0.3, -0.25) is 0 Å². The molecule has 0 saturated heterocycles.